The molecule has 2 aromatic carbocycles. The molecule has 0 aliphatic carbocycles. The second kappa shape index (κ2) is 8.02. The maximum absolute atomic E-state index is 14.2. The molecule has 9 heteroatoms. The summed E-state index contributed by atoms with van der Waals surface area (Å²) in [6.07, 6.45) is 0. The molecule has 1 atom stereocenters. The lowest BCUT2D eigenvalue weighted by molar-refractivity contribution is -0.137. The number of hydrogen-bond donors (Lipinski definition) is 2. The van der Waals surface area contributed by atoms with E-state index in [1.807, 2.05) is 29.8 Å². The summed E-state index contributed by atoms with van der Waals surface area (Å²) in [5.41, 5.74) is 2.35. The molecule has 34 heavy (non-hydrogen) atoms. The van der Waals surface area contributed by atoms with Crippen LogP contribution in [0, 0.1) is 5.82 Å². The first-order valence-electron chi connectivity index (χ1n) is 11.1. The minimum atomic E-state index is -0.637. The number of nitrogens with zero attached hydrogens (tertiary/aromatic N) is 3. The fraction of sp³-hybridized carbons (Fsp3) is 0.360. The first kappa shape index (κ1) is 22.2. The monoisotopic (exact) mass is 466 g/mol. The number of fused-ring (bicyclic) bond motifs is 4. The quantitative estimate of drug-likeness (QED) is 0.621. The van der Waals surface area contributed by atoms with Gasteiger partial charge in [-0.3, -0.25) is 4.79 Å². The van der Waals surface area contributed by atoms with E-state index in [9.17, 15) is 19.1 Å². The van der Waals surface area contributed by atoms with Crippen LogP contribution in [-0.2, 0) is 17.3 Å². The molecular weight excluding hydrogens is 439 g/mol. The van der Waals surface area contributed by atoms with Gasteiger partial charge in [0.25, 0.3) is 0 Å². The fourth-order valence-electron chi connectivity index (χ4n) is 5.49. The van der Waals surface area contributed by atoms with E-state index in [4.69, 9.17) is 4.74 Å². The van der Waals surface area contributed by atoms with Crippen molar-refractivity contribution in [1.82, 2.24) is 14.4 Å². The van der Waals surface area contributed by atoms with E-state index in [1.165, 1.54) is 19.1 Å². The van der Waals surface area contributed by atoms with Gasteiger partial charge in [0.1, 0.15) is 11.6 Å². The summed E-state index contributed by atoms with van der Waals surface area (Å²) in [4.78, 5) is 28.8. The molecule has 8 nitrogen and oxygen atoms in total. The van der Waals surface area contributed by atoms with Gasteiger partial charge in [0.2, 0.25) is 5.91 Å². The number of aliphatic hydroxyl groups is 1. The number of hydrogen-bond acceptors (Lipinski definition) is 4. The number of para-hydroxylation sites is 1. The molecule has 3 amide bonds. The third-order valence-electron chi connectivity index (χ3n) is 7.13. The van der Waals surface area contributed by atoms with Gasteiger partial charge in [-0.05, 0) is 29.8 Å². The number of carbonyl (C=O) groups is 2. The molecule has 1 saturated heterocycles. The average Bonchev–Trinajstić information content (AvgIpc) is 3.10. The Bertz CT molecular complexity index is 1300. The van der Waals surface area contributed by atoms with Crippen molar-refractivity contribution in [2.24, 2.45) is 7.05 Å². The van der Waals surface area contributed by atoms with Gasteiger partial charge in [0.15, 0.2) is 0 Å². The van der Waals surface area contributed by atoms with E-state index in [2.05, 4.69) is 5.32 Å². The maximum Gasteiger partial charge on any atom is 0.322 e. The van der Waals surface area contributed by atoms with Crippen LogP contribution in [-0.4, -0.2) is 64.8 Å². The summed E-state index contributed by atoms with van der Waals surface area (Å²) in [6.45, 7) is 2.44. The topological polar surface area (TPSA) is 87.0 Å². The molecule has 2 N–H and O–H groups in total. The highest BCUT2D eigenvalue weighted by Crippen LogP contribution is 2.49. The molecule has 2 aliphatic heterocycles. The van der Waals surface area contributed by atoms with E-state index in [0.29, 0.717) is 25.4 Å². The van der Waals surface area contributed by atoms with Crippen molar-refractivity contribution in [3.8, 4) is 5.75 Å². The molecule has 1 fully saturated rings. The Labute approximate surface area is 196 Å². The summed E-state index contributed by atoms with van der Waals surface area (Å²) in [6, 6.07) is 10.7. The zero-order valence-corrected chi connectivity index (χ0v) is 19.3. The number of aryl methyl sites for hydroxylation is 1. The lowest BCUT2D eigenvalue weighted by Crippen LogP contribution is -2.68. The number of amides is 3. The average molecular weight is 467 g/mol. The molecule has 0 unspecified atom stereocenters. The number of nitrogens with one attached hydrogen (secondary N) is 1. The second-order valence-electron chi connectivity index (χ2n) is 9.09. The fourth-order valence-corrected chi connectivity index (χ4v) is 5.49. The maximum atomic E-state index is 14.2. The standard InChI is InChI=1S/C25H27FN4O4/c1-15(32)29-12-25(13-29)14-30(24(33)27-19-7-5-4-6-18(19)26)21(11-31)23-22(25)17-9-8-16(34-3)10-20(17)28(23)2/h4-10,21,31H,11-14H2,1-3H3,(H,27,33)/t21-/m1/s1. The van der Waals surface area contributed by atoms with Crippen molar-refractivity contribution in [3.05, 3.63) is 59.5 Å². The molecule has 0 saturated carbocycles. The van der Waals surface area contributed by atoms with Crippen LogP contribution in [0.4, 0.5) is 14.9 Å². The summed E-state index contributed by atoms with van der Waals surface area (Å²) in [5, 5.41) is 14.1. The normalized spacial score (nSPS) is 18.6. The number of likely N-dealkylation sites (tertiary alicyclic amines) is 1. The zero-order valence-electron chi connectivity index (χ0n) is 19.3. The van der Waals surface area contributed by atoms with Crippen LogP contribution in [0.5, 0.6) is 5.75 Å². The number of aromatic nitrogens is 1. The highest BCUT2D eigenvalue weighted by Gasteiger charge is 2.55. The van der Waals surface area contributed by atoms with Crippen LogP contribution in [0.15, 0.2) is 42.5 Å². The molecular formula is C25H27FN4O4. The smallest absolute Gasteiger partial charge is 0.322 e. The molecule has 2 aliphatic rings. The number of urea groups is 1. The van der Waals surface area contributed by atoms with Crippen molar-refractivity contribution in [3.63, 3.8) is 0 Å². The van der Waals surface area contributed by atoms with Gasteiger partial charge < -0.3 is 29.5 Å². The van der Waals surface area contributed by atoms with Gasteiger partial charge in [-0.1, -0.05) is 12.1 Å². The summed E-state index contributed by atoms with van der Waals surface area (Å²) < 4.78 is 21.6. The lowest BCUT2D eigenvalue weighted by atomic mass is 9.68. The molecule has 1 spiro atoms. The minimum absolute atomic E-state index is 0.0271. The SMILES string of the molecule is COc1ccc2c3c(n(C)c2c1)[C@@H](CO)N(C(=O)Nc1ccccc1F)CC31CN(C(C)=O)C1. The summed E-state index contributed by atoms with van der Waals surface area (Å²) in [5.74, 6) is 0.140. The molecule has 0 radical (unpaired) electrons. The minimum Gasteiger partial charge on any atom is -0.497 e. The van der Waals surface area contributed by atoms with Gasteiger partial charge in [-0.25, -0.2) is 9.18 Å². The number of halogens is 1. The third kappa shape index (κ3) is 3.22. The Morgan fingerprint density at radius 3 is 2.59 bits per heavy atom. The highest BCUT2D eigenvalue weighted by molar-refractivity contribution is 5.93. The number of ether oxygens (including phenoxy) is 1. The number of carbonyl (C=O) groups excluding carboxylic acids is 2. The van der Waals surface area contributed by atoms with E-state index < -0.39 is 23.3 Å². The van der Waals surface area contributed by atoms with E-state index >= 15 is 0 Å². The van der Waals surface area contributed by atoms with Gasteiger partial charge in [0.05, 0.1) is 36.4 Å². The Kier molecular flexibility index (Phi) is 5.24. The first-order valence-corrected chi connectivity index (χ1v) is 11.1. The number of rotatable bonds is 3. The van der Waals surface area contributed by atoms with Crippen molar-refractivity contribution in [1.29, 1.82) is 0 Å². The van der Waals surface area contributed by atoms with Crippen molar-refractivity contribution < 1.29 is 23.8 Å². The Morgan fingerprint density at radius 1 is 1.21 bits per heavy atom. The van der Waals surface area contributed by atoms with Crippen LogP contribution >= 0.6 is 0 Å². The van der Waals surface area contributed by atoms with Crippen molar-refractivity contribution in [2.75, 3.05) is 38.7 Å². The van der Waals surface area contributed by atoms with E-state index in [0.717, 1.165) is 22.2 Å². The van der Waals surface area contributed by atoms with Gasteiger partial charge in [-0.2, -0.15) is 0 Å². The predicted octanol–water partition coefficient (Wildman–Crippen LogP) is 3.01. The Hall–Kier alpha value is -3.59. The number of anilines is 1. The highest BCUT2D eigenvalue weighted by atomic mass is 19.1. The van der Waals surface area contributed by atoms with Crippen LogP contribution in [0.1, 0.15) is 24.2 Å². The van der Waals surface area contributed by atoms with Crippen molar-refractivity contribution >= 4 is 28.5 Å². The molecule has 1 aromatic heterocycles. The van der Waals surface area contributed by atoms with E-state index in [-0.39, 0.29) is 18.2 Å². The molecule has 3 aromatic rings. The van der Waals surface area contributed by atoms with Crippen molar-refractivity contribution in [2.45, 2.75) is 18.4 Å². The third-order valence-corrected chi connectivity index (χ3v) is 7.13. The summed E-state index contributed by atoms with van der Waals surface area (Å²) >= 11 is 0. The van der Waals surface area contributed by atoms with E-state index in [1.54, 1.807) is 29.0 Å². The van der Waals surface area contributed by atoms with Crippen LogP contribution < -0.4 is 10.1 Å². The van der Waals surface area contributed by atoms with Crippen LogP contribution in [0.3, 0.4) is 0 Å². The van der Waals surface area contributed by atoms with Gasteiger partial charge >= 0.3 is 6.03 Å². The van der Waals surface area contributed by atoms with Gasteiger partial charge in [-0.15, -0.1) is 0 Å². The lowest BCUT2D eigenvalue weighted by Gasteiger charge is -2.56. The molecule has 0 bridgehead atoms. The molecule has 178 valence electrons. The first-order chi connectivity index (χ1) is 16.3. The summed E-state index contributed by atoms with van der Waals surface area (Å²) in [7, 11) is 3.50. The molecule has 3 heterocycles. The zero-order chi connectivity index (χ0) is 24.2. The van der Waals surface area contributed by atoms with Gasteiger partial charge in [0, 0.05) is 50.8 Å². The molecule has 5 rings (SSSR count). The Morgan fingerprint density at radius 2 is 1.94 bits per heavy atom. The predicted molar refractivity (Wildman–Crippen MR) is 125 cm³/mol. The number of aliphatic hydroxyl groups excluding tert-OH is 1. The number of benzene rings is 2. The second-order valence-corrected chi connectivity index (χ2v) is 9.09. The largest absolute Gasteiger partial charge is 0.497 e. The number of methoxy groups -OCH3 is 1. The van der Waals surface area contributed by atoms with Crippen LogP contribution in [0.2, 0.25) is 0 Å². The van der Waals surface area contributed by atoms with Crippen LogP contribution in [0.25, 0.3) is 10.9 Å². The Balaban J connectivity index is 1.63.